The molecule has 0 saturated carbocycles. The van der Waals surface area contributed by atoms with Crippen molar-refractivity contribution < 1.29 is 33.7 Å². The molecule has 0 amide bonds. The smallest absolute Gasteiger partial charge is 0.488 e. The van der Waals surface area contributed by atoms with Crippen LogP contribution in [-0.2, 0) is 20.8 Å². The van der Waals surface area contributed by atoms with Crippen molar-refractivity contribution in [3.8, 4) is 11.5 Å². The van der Waals surface area contributed by atoms with E-state index in [1.54, 1.807) is 6.07 Å². The van der Waals surface area contributed by atoms with E-state index in [-0.39, 0.29) is 25.7 Å². The molecule has 0 atom stereocenters. The Morgan fingerprint density at radius 2 is 1.70 bits per heavy atom. The van der Waals surface area contributed by atoms with E-state index in [0.717, 1.165) is 0 Å². The summed E-state index contributed by atoms with van der Waals surface area (Å²) in [7, 11) is 2.83. The molecule has 0 fully saturated rings. The van der Waals surface area contributed by atoms with Crippen LogP contribution >= 0.6 is 0 Å². The lowest BCUT2D eigenvalue weighted by atomic mass is 9.77. The molecular weight excluding hydrogens is 267 g/mol. The van der Waals surface area contributed by atoms with Gasteiger partial charge in [0.2, 0.25) is 0 Å². The molecule has 112 valence electrons. The molecule has 0 spiro atoms. The van der Waals surface area contributed by atoms with E-state index in [1.165, 1.54) is 27.4 Å². The number of benzene rings is 1. The second kappa shape index (κ2) is 8.78. The maximum Gasteiger partial charge on any atom is 0.488 e. The molecule has 0 aliphatic rings. The Balaban J connectivity index is 3.02. The molecule has 20 heavy (non-hydrogen) atoms. The van der Waals surface area contributed by atoms with Crippen LogP contribution in [0, 0.1) is 0 Å². The van der Waals surface area contributed by atoms with E-state index in [1.807, 2.05) is 0 Å². The van der Waals surface area contributed by atoms with Crippen LogP contribution in [0.5, 0.6) is 11.5 Å². The van der Waals surface area contributed by atoms with E-state index in [4.69, 9.17) is 23.7 Å². The third kappa shape index (κ3) is 4.66. The quantitative estimate of drug-likeness (QED) is 0.359. The Morgan fingerprint density at radius 1 is 1.00 bits per heavy atom. The van der Waals surface area contributed by atoms with Gasteiger partial charge in [0, 0.05) is 14.2 Å². The summed E-state index contributed by atoms with van der Waals surface area (Å²) in [6.07, 6.45) is 0. The second-order valence-corrected chi connectivity index (χ2v) is 3.88. The van der Waals surface area contributed by atoms with E-state index in [9.17, 15) is 10.0 Å². The average Bonchev–Trinajstić information content (AvgIpc) is 2.45. The molecule has 7 nitrogen and oxygen atoms in total. The van der Waals surface area contributed by atoms with Gasteiger partial charge in [-0.15, -0.1) is 0 Å². The van der Waals surface area contributed by atoms with E-state index in [0.29, 0.717) is 17.1 Å². The predicted molar refractivity (Wildman–Crippen MR) is 72.0 cm³/mol. The van der Waals surface area contributed by atoms with Gasteiger partial charge >= 0.3 is 7.12 Å². The Morgan fingerprint density at radius 3 is 2.25 bits per heavy atom. The number of ether oxygens (including phenoxy) is 5. The molecule has 0 bridgehead atoms. The second-order valence-electron chi connectivity index (χ2n) is 3.88. The summed E-state index contributed by atoms with van der Waals surface area (Å²) in [6, 6.07) is 3.10. The number of methoxy groups -OCH3 is 3. The number of hydrogen-bond donors (Lipinski definition) is 2. The van der Waals surface area contributed by atoms with Crippen molar-refractivity contribution in [2.45, 2.75) is 6.61 Å². The summed E-state index contributed by atoms with van der Waals surface area (Å²) in [5.41, 5.74) is 0.840. The molecule has 0 aromatic heterocycles. The zero-order valence-electron chi connectivity index (χ0n) is 11.8. The predicted octanol–water partition coefficient (Wildman–Crippen LogP) is -0.522. The monoisotopic (exact) mass is 286 g/mol. The van der Waals surface area contributed by atoms with Crippen molar-refractivity contribution in [3.05, 3.63) is 17.7 Å². The van der Waals surface area contributed by atoms with Gasteiger partial charge in [0.15, 0.2) is 18.3 Å². The highest BCUT2D eigenvalue weighted by molar-refractivity contribution is 6.59. The Hall–Kier alpha value is -1.32. The largest absolute Gasteiger partial charge is 0.493 e. The van der Waals surface area contributed by atoms with Crippen molar-refractivity contribution >= 4 is 12.6 Å². The summed E-state index contributed by atoms with van der Waals surface area (Å²) in [5.74, 6) is 0.801. The molecule has 0 radical (unpaired) electrons. The van der Waals surface area contributed by atoms with Gasteiger partial charge in [0.1, 0.15) is 6.79 Å². The van der Waals surface area contributed by atoms with E-state index in [2.05, 4.69) is 0 Å². The standard InChI is InChI=1S/C12H19BO7/c1-16-7-19-6-9-4-11(18-3)12(20-8-17-2)5-10(9)13(14)15/h4-5,14-15H,6-8H2,1-3H3. The number of rotatable bonds is 9. The fraction of sp³-hybridized carbons (Fsp3) is 0.500. The highest BCUT2D eigenvalue weighted by Crippen LogP contribution is 2.27. The molecule has 1 aromatic carbocycles. The molecule has 0 heterocycles. The minimum absolute atomic E-state index is 0.0246. The van der Waals surface area contributed by atoms with Crippen LogP contribution in [0.2, 0.25) is 0 Å². The van der Waals surface area contributed by atoms with Gasteiger partial charge < -0.3 is 33.7 Å². The Labute approximate surface area is 118 Å². The van der Waals surface area contributed by atoms with Crippen LogP contribution in [0.4, 0.5) is 0 Å². The fourth-order valence-corrected chi connectivity index (χ4v) is 1.61. The summed E-state index contributed by atoms with van der Waals surface area (Å²) in [4.78, 5) is 0. The number of hydrogen-bond acceptors (Lipinski definition) is 7. The normalized spacial score (nSPS) is 10.4. The molecule has 8 heteroatoms. The van der Waals surface area contributed by atoms with Crippen molar-refractivity contribution in [1.82, 2.24) is 0 Å². The fourth-order valence-electron chi connectivity index (χ4n) is 1.61. The van der Waals surface area contributed by atoms with Crippen molar-refractivity contribution in [1.29, 1.82) is 0 Å². The molecule has 0 unspecified atom stereocenters. The highest BCUT2D eigenvalue weighted by atomic mass is 16.7. The molecule has 0 aliphatic carbocycles. The first-order valence-electron chi connectivity index (χ1n) is 5.89. The molecular formula is C12H19BO7. The lowest BCUT2D eigenvalue weighted by Gasteiger charge is -2.15. The van der Waals surface area contributed by atoms with Gasteiger partial charge in [0.05, 0.1) is 13.7 Å². The van der Waals surface area contributed by atoms with Gasteiger partial charge in [-0.2, -0.15) is 0 Å². The van der Waals surface area contributed by atoms with Crippen LogP contribution in [0.1, 0.15) is 5.56 Å². The first-order valence-corrected chi connectivity index (χ1v) is 5.89. The first-order chi connectivity index (χ1) is 9.63. The van der Waals surface area contributed by atoms with Crippen LogP contribution < -0.4 is 14.9 Å². The van der Waals surface area contributed by atoms with Gasteiger partial charge in [-0.1, -0.05) is 0 Å². The van der Waals surface area contributed by atoms with Gasteiger partial charge in [0.25, 0.3) is 0 Å². The minimum Gasteiger partial charge on any atom is -0.493 e. The average molecular weight is 286 g/mol. The zero-order valence-corrected chi connectivity index (χ0v) is 11.8. The lowest BCUT2D eigenvalue weighted by molar-refractivity contribution is -0.0389. The molecule has 0 aliphatic heterocycles. The summed E-state index contributed by atoms with van der Waals surface area (Å²) < 4.78 is 25.3. The van der Waals surface area contributed by atoms with Crippen LogP contribution in [-0.4, -0.2) is 52.1 Å². The lowest BCUT2D eigenvalue weighted by Crippen LogP contribution is -2.33. The molecule has 1 rings (SSSR count). The summed E-state index contributed by atoms with van der Waals surface area (Å²) in [6.45, 7) is 0.282. The van der Waals surface area contributed by atoms with E-state index < -0.39 is 7.12 Å². The van der Waals surface area contributed by atoms with Gasteiger partial charge in [-0.25, -0.2) is 0 Å². The maximum atomic E-state index is 9.42. The van der Waals surface area contributed by atoms with Gasteiger partial charge in [-0.3, -0.25) is 0 Å². The zero-order chi connectivity index (χ0) is 15.0. The van der Waals surface area contributed by atoms with E-state index >= 15 is 0 Å². The van der Waals surface area contributed by atoms with Crippen LogP contribution in [0.3, 0.4) is 0 Å². The third-order valence-corrected chi connectivity index (χ3v) is 2.49. The summed E-state index contributed by atoms with van der Waals surface area (Å²) >= 11 is 0. The highest BCUT2D eigenvalue weighted by Gasteiger charge is 2.20. The third-order valence-electron chi connectivity index (χ3n) is 2.49. The SMILES string of the molecule is COCOCc1cc(OC)c(OCOC)cc1B(O)O. The minimum atomic E-state index is -1.65. The summed E-state index contributed by atoms with van der Waals surface area (Å²) in [5, 5.41) is 18.8. The van der Waals surface area contributed by atoms with Crippen LogP contribution in [0.15, 0.2) is 12.1 Å². The topological polar surface area (TPSA) is 86.6 Å². The Kier molecular flexibility index (Phi) is 7.35. The van der Waals surface area contributed by atoms with Crippen molar-refractivity contribution in [2.24, 2.45) is 0 Å². The maximum absolute atomic E-state index is 9.42. The molecule has 1 aromatic rings. The Bertz CT molecular complexity index is 411. The molecule has 2 N–H and O–H groups in total. The van der Waals surface area contributed by atoms with Gasteiger partial charge in [-0.05, 0) is 23.2 Å². The van der Waals surface area contributed by atoms with Crippen molar-refractivity contribution in [2.75, 3.05) is 34.9 Å². The van der Waals surface area contributed by atoms with Crippen molar-refractivity contribution in [3.63, 3.8) is 0 Å². The van der Waals surface area contributed by atoms with Crippen LogP contribution in [0.25, 0.3) is 0 Å². The first kappa shape index (κ1) is 16.7. The molecule has 0 saturated heterocycles.